The number of likely N-dealkylation sites (tertiary alicyclic amines) is 1. The Morgan fingerprint density at radius 3 is 2.27 bits per heavy atom. The van der Waals surface area contributed by atoms with Crippen LogP contribution in [0.25, 0.3) is 5.69 Å². The van der Waals surface area contributed by atoms with Crippen LogP contribution in [0.5, 0.6) is 0 Å². The zero-order valence-electron chi connectivity index (χ0n) is 28.0. The lowest BCUT2D eigenvalue weighted by molar-refractivity contribution is -0.137. The van der Waals surface area contributed by atoms with Gasteiger partial charge in [0.15, 0.2) is 0 Å². The van der Waals surface area contributed by atoms with Crippen molar-refractivity contribution < 1.29 is 36.3 Å². The van der Waals surface area contributed by atoms with Gasteiger partial charge in [0.05, 0.1) is 23.5 Å². The largest absolute Gasteiger partial charge is 0.416 e. The molecule has 3 aromatic carbocycles. The predicted octanol–water partition coefficient (Wildman–Crippen LogP) is 6.43. The van der Waals surface area contributed by atoms with Crippen LogP contribution in [0.3, 0.4) is 0 Å². The van der Waals surface area contributed by atoms with E-state index in [1.54, 1.807) is 38.7 Å². The Kier molecular flexibility index (Phi) is 11.0. The Morgan fingerprint density at radius 1 is 1.00 bits per heavy atom. The molecule has 4 aromatic rings. The molecule has 1 unspecified atom stereocenters. The zero-order chi connectivity index (χ0) is 36.9. The van der Waals surface area contributed by atoms with Crippen LogP contribution < -0.4 is 15.5 Å². The highest BCUT2D eigenvalue weighted by Crippen LogP contribution is 2.33. The van der Waals surface area contributed by atoms with E-state index >= 15 is 0 Å². The van der Waals surface area contributed by atoms with Crippen LogP contribution in [0.15, 0.2) is 97.1 Å². The molecule has 14 heteroatoms. The molecule has 1 aromatic heterocycles. The molecule has 51 heavy (non-hydrogen) atoms. The molecule has 3 heterocycles. The van der Waals surface area contributed by atoms with E-state index in [0.717, 1.165) is 23.4 Å². The number of para-hydroxylation sites is 2. The fourth-order valence-electron chi connectivity index (χ4n) is 5.92. The number of aromatic nitrogens is 2. The molecule has 0 spiro atoms. The second-order valence-corrected chi connectivity index (χ2v) is 12.3. The average molecular weight is 709 g/mol. The number of likely N-dealkylation sites (N-methyl/N-ethyl adjacent to an activating group) is 1. The number of halogens is 5. The summed E-state index contributed by atoms with van der Waals surface area (Å²) < 4.78 is 66.7. The number of carbonyl (C=O) groups excluding carboxylic acids is 3. The Balaban J connectivity index is 0.000000226. The van der Waals surface area contributed by atoms with Crippen molar-refractivity contribution in [1.82, 2.24) is 20.0 Å². The molecule has 0 bridgehead atoms. The number of alkyl halides is 5. The molecule has 0 aliphatic carbocycles. The lowest BCUT2D eigenvalue weighted by atomic mass is 9.99. The normalized spacial score (nSPS) is 16.9. The highest BCUT2D eigenvalue weighted by molar-refractivity contribution is 6.04. The van der Waals surface area contributed by atoms with Crippen molar-refractivity contribution >= 4 is 29.2 Å². The maximum absolute atomic E-state index is 13.2. The first-order chi connectivity index (χ1) is 24.2. The molecule has 0 radical (unpaired) electrons. The highest BCUT2D eigenvalue weighted by atomic mass is 19.4. The van der Waals surface area contributed by atoms with Gasteiger partial charge in [0.25, 0.3) is 23.6 Å². The fraction of sp³-hybridized carbons (Fsp3) is 0.297. The first-order valence-corrected chi connectivity index (χ1v) is 16.2. The number of carbonyl (C=O) groups is 3. The SMILES string of the molecule is C=C(CN1CCC(F)(F)C1)C(=O)Nc1ccccc1.CCN1C(=O)C(NC(=O)c2cccc(C(F)(F)F)c2)Cc2c(C)nn(-c3ccccc3)c21. The summed E-state index contributed by atoms with van der Waals surface area (Å²) in [6.45, 7) is 7.82. The number of benzene rings is 3. The molecule has 268 valence electrons. The Bertz CT molecular complexity index is 1900. The van der Waals surface area contributed by atoms with Gasteiger partial charge in [-0.2, -0.15) is 18.3 Å². The minimum Gasteiger partial charge on any atom is -0.340 e. The molecule has 2 aliphatic rings. The number of hydrogen-bond acceptors (Lipinski definition) is 5. The molecule has 1 atom stereocenters. The van der Waals surface area contributed by atoms with E-state index in [1.807, 2.05) is 50.2 Å². The van der Waals surface area contributed by atoms with Gasteiger partial charge in [-0.3, -0.25) is 24.2 Å². The smallest absolute Gasteiger partial charge is 0.340 e. The summed E-state index contributed by atoms with van der Waals surface area (Å²) in [5.41, 5.74) is 2.21. The fourth-order valence-corrected chi connectivity index (χ4v) is 5.92. The Morgan fingerprint density at radius 2 is 1.67 bits per heavy atom. The van der Waals surface area contributed by atoms with E-state index in [2.05, 4.69) is 22.3 Å². The second-order valence-electron chi connectivity index (χ2n) is 12.3. The van der Waals surface area contributed by atoms with Gasteiger partial charge in [-0.1, -0.05) is 49.0 Å². The van der Waals surface area contributed by atoms with Crippen LogP contribution in [0.1, 0.15) is 40.5 Å². The Labute approximate surface area is 291 Å². The van der Waals surface area contributed by atoms with Crippen molar-refractivity contribution in [2.75, 3.05) is 36.4 Å². The second kappa shape index (κ2) is 15.3. The monoisotopic (exact) mass is 708 g/mol. The number of nitrogens with one attached hydrogen (secondary N) is 2. The van der Waals surface area contributed by atoms with E-state index in [9.17, 15) is 36.3 Å². The van der Waals surface area contributed by atoms with Gasteiger partial charge in [-0.15, -0.1) is 0 Å². The topological polar surface area (TPSA) is 99.6 Å². The average Bonchev–Trinajstić information content (AvgIpc) is 3.62. The summed E-state index contributed by atoms with van der Waals surface area (Å²) in [5.74, 6) is -3.40. The molecule has 3 amide bonds. The van der Waals surface area contributed by atoms with Crippen molar-refractivity contribution in [3.05, 3.63) is 119 Å². The van der Waals surface area contributed by atoms with E-state index in [1.165, 1.54) is 12.1 Å². The first kappa shape index (κ1) is 36.9. The van der Waals surface area contributed by atoms with Crippen LogP contribution in [0.2, 0.25) is 0 Å². The first-order valence-electron chi connectivity index (χ1n) is 16.2. The summed E-state index contributed by atoms with van der Waals surface area (Å²) in [6.07, 6.45) is -4.51. The van der Waals surface area contributed by atoms with E-state index < -0.39 is 29.6 Å². The maximum Gasteiger partial charge on any atom is 0.416 e. The van der Waals surface area contributed by atoms with Crippen molar-refractivity contribution in [2.24, 2.45) is 0 Å². The van der Waals surface area contributed by atoms with Crippen LogP contribution >= 0.6 is 0 Å². The minimum absolute atomic E-state index is 0.152. The van der Waals surface area contributed by atoms with Crippen LogP contribution in [-0.4, -0.2) is 70.5 Å². The van der Waals surface area contributed by atoms with Crippen molar-refractivity contribution in [1.29, 1.82) is 0 Å². The zero-order valence-corrected chi connectivity index (χ0v) is 28.0. The number of anilines is 2. The molecule has 0 saturated carbocycles. The summed E-state index contributed by atoms with van der Waals surface area (Å²) in [7, 11) is 0. The Hall–Kier alpha value is -5.37. The quantitative estimate of drug-likeness (QED) is 0.163. The third-order valence-corrected chi connectivity index (χ3v) is 8.48. The molecule has 2 aliphatic heterocycles. The summed E-state index contributed by atoms with van der Waals surface area (Å²) in [4.78, 5) is 40.8. The van der Waals surface area contributed by atoms with Crippen LogP contribution in [-0.2, 0) is 22.2 Å². The number of nitrogens with zero attached hydrogens (tertiary/aromatic N) is 4. The molecule has 2 N–H and O–H groups in total. The molecule has 9 nitrogen and oxygen atoms in total. The van der Waals surface area contributed by atoms with E-state index in [-0.39, 0.29) is 43.3 Å². The maximum atomic E-state index is 13.2. The highest BCUT2D eigenvalue weighted by Gasteiger charge is 2.39. The third-order valence-electron chi connectivity index (χ3n) is 8.48. The van der Waals surface area contributed by atoms with Gasteiger partial charge in [0.2, 0.25) is 0 Å². The lowest BCUT2D eigenvalue weighted by Gasteiger charge is -2.32. The molecular weight excluding hydrogens is 671 g/mol. The molecular formula is C37H37F5N6O3. The number of aryl methyl sites for hydroxylation is 1. The lowest BCUT2D eigenvalue weighted by Crippen LogP contribution is -2.53. The summed E-state index contributed by atoms with van der Waals surface area (Å²) in [6, 6.07) is 21.6. The van der Waals surface area contributed by atoms with E-state index in [4.69, 9.17) is 0 Å². The van der Waals surface area contributed by atoms with Crippen molar-refractivity contribution in [3.8, 4) is 5.69 Å². The number of fused-ring (bicyclic) bond motifs is 1. The van der Waals surface area contributed by atoms with Gasteiger partial charge in [-0.05, 0) is 56.3 Å². The summed E-state index contributed by atoms with van der Waals surface area (Å²) >= 11 is 0. The van der Waals surface area contributed by atoms with Crippen LogP contribution in [0, 0.1) is 6.92 Å². The molecule has 1 fully saturated rings. The number of amides is 3. The van der Waals surface area contributed by atoms with Gasteiger partial charge in [-0.25, -0.2) is 13.5 Å². The molecule has 1 saturated heterocycles. The van der Waals surface area contributed by atoms with Crippen molar-refractivity contribution in [2.45, 2.75) is 44.8 Å². The third kappa shape index (κ3) is 8.87. The summed E-state index contributed by atoms with van der Waals surface area (Å²) in [5, 5.41) is 9.88. The van der Waals surface area contributed by atoms with Gasteiger partial charge in [0.1, 0.15) is 11.9 Å². The number of rotatable bonds is 8. The van der Waals surface area contributed by atoms with Gasteiger partial charge >= 0.3 is 6.18 Å². The number of hydrogen-bond donors (Lipinski definition) is 2. The van der Waals surface area contributed by atoms with Crippen molar-refractivity contribution in [3.63, 3.8) is 0 Å². The molecule has 6 rings (SSSR count). The van der Waals surface area contributed by atoms with Crippen LogP contribution in [0.4, 0.5) is 33.5 Å². The van der Waals surface area contributed by atoms with Gasteiger partial charge < -0.3 is 10.6 Å². The minimum atomic E-state index is -4.56. The van der Waals surface area contributed by atoms with E-state index in [0.29, 0.717) is 35.9 Å². The predicted molar refractivity (Wildman–Crippen MR) is 183 cm³/mol. The van der Waals surface area contributed by atoms with Gasteiger partial charge in [0, 0.05) is 54.9 Å². The standard InChI is InChI=1S/C23H21F3N4O2.C14H16F2N2O/c1-3-29-21-18(14(2)28-30(21)17-10-5-4-6-11-17)13-19(22(29)32)27-20(31)15-8-7-9-16(12-15)23(24,25)26;1-11(9-18-8-7-14(15,16)10-18)13(19)17-12-5-3-2-4-6-12/h4-12,19H,3,13H2,1-2H3,(H,27,31);2-6H,1,7-10H2,(H,17,19).